The van der Waals surface area contributed by atoms with Crippen LogP contribution >= 0.6 is 0 Å². The van der Waals surface area contributed by atoms with E-state index in [-0.39, 0.29) is 11.8 Å². The fraction of sp³-hybridized carbons (Fsp3) is 0.400. The second kappa shape index (κ2) is 2.70. The molecule has 2 heterocycles. The summed E-state index contributed by atoms with van der Waals surface area (Å²) in [6.45, 7) is 3.86. The maximum Gasteiger partial charge on any atom is 0.343 e. The van der Waals surface area contributed by atoms with Crippen LogP contribution in [0.25, 0.3) is 0 Å². The Morgan fingerprint density at radius 1 is 1.64 bits per heavy atom. The summed E-state index contributed by atoms with van der Waals surface area (Å²) in [7, 11) is 0. The summed E-state index contributed by atoms with van der Waals surface area (Å²) in [5.41, 5.74) is 6.36. The molecule has 1 atom stereocenters. The molecule has 1 aliphatic heterocycles. The minimum atomic E-state index is -0.538. The van der Waals surface area contributed by atoms with Gasteiger partial charge in [-0.15, -0.1) is 0 Å². The number of aromatic nitrogens is 1. The van der Waals surface area contributed by atoms with Crippen molar-refractivity contribution in [2.75, 3.05) is 5.73 Å². The fourth-order valence-corrected chi connectivity index (χ4v) is 1.71. The number of pyridine rings is 1. The van der Waals surface area contributed by atoms with Gasteiger partial charge in [0.05, 0.1) is 0 Å². The Hall–Kier alpha value is -1.58. The Bertz CT molecular complexity index is 403. The van der Waals surface area contributed by atoms with Gasteiger partial charge in [0.25, 0.3) is 0 Å². The molecule has 2 rings (SSSR count). The molecule has 0 bridgehead atoms. The van der Waals surface area contributed by atoms with E-state index in [1.165, 1.54) is 0 Å². The van der Waals surface area contributed by atoms with E-state index in [1.54, 1.807) is 12.3 Å². The molecular weight excluding hydrogens is 180 g/mol. The van der Waals surface area contributed by atoms with Crippen LogP contribution in [0.2, 0.25) is 0 Å². The Balaban J connectivity index is 2.66. The van der Waals surface area contributed by atoms with Gasteiger partial charge < -0.3 is 10.5 Å². The Morgan fingerprint density at radius 2 is 2.36 bits per heavy atom. The number of nitrogen functional groups attached to an aromatic ring is 1. The van der Waals surface area contributed by atoms with E-state index in [2.05, 4.69) is 4.98 Å². The first kappa shape index (κ1) is 8.99. The van der Waals surface area contributed by atoms with Crippen molar-refractivity contribution in [3.05, 3.63) is 23.4 Å². The zero-order valence-corrected chi connectivity index (χ0v) is 8.20. The smallest absolute Gasteiger partial charge is 0.343 e. The van der Waals surface area contributed by atoms with Gasteiger partial charge in [-0.05, 0) is 19.4 Å². The summed E-state index contributed by atoms with van der Waals surface area (Å²) >= 11 is 0. The van der Waals surface area contributed by atoms with Crippen LogP contribution < -0.4 is 5.73 Å². The van der Waals surface area contributed by atoms with E-state index in [0.29, 0.717) is 5.56 Å². The van der Waals surface area contributed by atoms with Gasteiger partial charge in [-0.25, -0.2) is 9.78 Å². The van der Waals surface area contributed by atoms with Gasteiger partial charge in [-0.2, -0.15) is 0 Å². The molecule has 0 amide bonds. The van der Waals surface area contributed by atoms with E-state index in [0.717, 1.165) is 12.0 Å². The minimum Gasteiger partial charge on any atom is -0.451 e. The summed E-state index contributed by atoms with van der Waals surface area (Å²) in [5, 5.41) is 0. The molecule has 4 nitrogen and oxygen atoms in total. The predicted octanol–water partition coefficient (Wildman–Crippen LogP) is 1.46. The van der Waals surface area contributed by atoms with Crippen LogP contribution in [-0.4, -0.2) is 11.0 Å². The highest BCUT2D eigenvalue weighted by atomic mass is 16.6. The molecule has 1 aliphatic rings. The lowest BCUT2D eigenvalue weighted by atomic mass is 9.93. The number of anilines is 1. The molecule has 2 N–H and O–H groups in total. The zero-order valence-electron chi connectivity index (χ0n) is 8.20. The number of esters is 1. The summed E-state index contributed by atoms with van der Waals surface area (Å²) in [4.78, 5) is 15.4. The zero-order chi connectivity index (χ0) is 10.3. The topological polar surface area (TPSA) is 65.2 Å². The molecular formula is C10H12N2O2. The number of hydrogen-bond acceptors (Lipinski definition) is 4. The molecule has 0 fully saturated rings. The predicted molar refractivity (Wildman–Crippen MR) is 51.7 cm³/mol. The second-order valence-corrected chi connectivity index (χ2v) is 3.59. The van der Waals surface area contributed by atoms with Gasteiger partial charge in [0.15, 0.2) is 0 Å². The van der Waals surface area contributed by atoms with Gasteiger partial charge in [-0.1, -0.05) is 6.92 Å². The lowest BCUT2D eigenvalue weighted by molar-refractivity contribution is -0.000735. The average molecular weight is 192 g/mol. The number of fused-ring (bicyclic) bond motifs is 1. The van der Waals surface area contributed by atoms with Gasteiger partial charge in [-0.3, -0.25) is 0 Å². The monoisotopic (exact) mass is 192 g/mol. The van der Waals surface area contributed by atoms with Crippen LogP contribution in [0, 0.1) is 0 Å². The van der Waals surface area contributed by atoms with Crippen LogP contribution in [0.1, 0.15) is 36.2 Å². The van der Waals surface area contributed by atoms with Crippen LogP contribution in [0.5, 0.6) is 0 Å². The Labute approximate surface area is 82.1 Å². The largest absolute Gasteiger partial charge is 0.451 e. The van der Waals surface area contributed by atoms with Gasteiger partial charge >= 0.3 is 5.97 Å². The number of carbonyl (C=O) groups is 1. The number of ether oxygens (including phenoxy) is 1. The lowest BCUT2D eigenvalue weighted by Gasteiger charge is -2.21. The summed E-state index contributed by atoms with van der Waals surface area (Å²) < 4.78 is 5.29. The van der Waals surface area contributed by atoms with Crippen molar-refractivity contribution in [1.82, 2.24) is 4.98 Å². The van der Waals surface area contributed by atoms with Crippen molar-refractivity contribution in [3.8, 4) is 0 Å². The maximum absolute atomic E-state index is 11.5. The first-order valence-corrected chi connectivity index (χ1v) is 4.57. The number of cyclic esters (lactones) is 1. The molecule has 0 aromatic carbocycles. The van der Waals surface area contributed by atoms with Crippen LogP contribution in [0.3, 0.4) is 0 Å². The van der Waals surface area contributed by atoms with Crippen molar-refractivity contribution >= 4 is 11.8 Å². The van der Waals surface area contributed by atoms with E-state index >= 15 is 0 Å². The third-order valence-electron chi connectivity index (χ3n) is 2.75. The van der Waals surface area contributed by atoms with Crippen LogP contribution in [-0.2, 0) is 10.3 Å². The standard InChI is InChI=1S/C10H12N2O2/c1-3-10(2)6-4-5-12-8(11)7(6)9(13)14-10/h4-5H,3H2,1-2H3,(H2,11,12). The summed E-state index contributed by atoms with van der Waals surface area (Å²) in [5.74, 6) is -0.111. The van der Waals surface area contributed by atoms with Gasteiger partial charge in [0.1, 0.15) is 17.0 Å². The molecule has 4 heteroatoms. The maximum atomic E-state index is 11.5. The average Bonchev–Trinajstić information content (AvgIpc) is 2.41. The molecule has 1 unspecified atom stereocenters. The summed E-state index contributed by atoms with van der Waals surface area (Å²) in [6, 6.07) is 1.79. The third kappa shape index (κ3) is 0.999. The molecule has 74 valence electrons. The normalized spacial score (nSPS) is 24.6. The Kier molecular flexibility index (Phi) is 1.74. The second-order valence-electron chi connectivity index (χ2n) is 3.59. The fourth-order valence-electron chi connectivity index (χ4n) is 1.71. The van der Waals surface area contributed by atoms with Crippen LogP contribution in [0.4, 0.5) is 5.82 Å². The number of nitrogens with zero attached hydrogens (tertiary/aromatic N) is 1. The third-order valence-corrected chi connectivity index (χ3v) is 2.75. The number of carbonyl (C=O) groups excluding carboxylic acids is 1. The van der Waals surface area contributed by atoms with Crippen molar-refractivity contribution < 1.29 is 9.53 Å². The molecule has 14 heavy (non-hydrogen) atoms. The first-order chi connectivity index (χ1) is 6.58. The highest BCUT2D eigenvalue weighted by molar-refractivity contribution is 5.98. The van der Waals surface area contributed by atoms with Crippen molar-refractivity contribution in [2.24, 2.45) is 0 Å². The minimum absolute atomic E-state index is 0.254. The SMILES string of the molecule is CCC1(C)OC(=O)c2c1ccnc2N. The lowest BCUT2D eigenvalue weighted by Crippen LogP contribution is -2.20. The van der Waals surface area contributed by atoms with Crippen molar-refractivity contribution in [1.29, 1.82) is 0 Å². The molecule has 0 radical (unpaired) electrons. The van der Waals surface area contributed by atoms with E-state index in [1.807, 2.05) is 13.8 Å². The molecule has 0 spiro atoms. The van der Waals surface area contributed by atoms with Gasteiger partial charge in [0, 0.05) is 11.8 Å². The number of rotatable bonds is 1. The number of nitrogens with two attached hydrogens (primary N) is 1. The molecule has 0 aliphatic carbocycles. The molecule has 1 aromatic heterocycles. The van der Waals surface area contributed by atoms with Crippen LogP contribution in [0.15, 0.2) is 12.3 Å². The molecule has 0 saturated carbocycles. The summed E-state index contributed by atoms with van der Waals surface area (Å²) in [6.07, 6.45) is 2.33. The highest BCUT2D eigenvalue weighted by Crippen LogP contribution is 2.39. The van der Waals surface area contributed by atoms with Crippen molar-refractivity contribution in [2.45, 2.75) is 25.9 Å². The highest BCUT2D eigenvalue weighted by Gasteiger charge is 2.41. The molecule has 0 saturated heterocycles. The molecule has 1 aromatic rings. The van der Waals surface area contributed by atoms with E-state index < -0.39 is 5.60 Å². The van der Waals surface area contributed by atoms with E-state index in [4.69, 9.17) is 10.5 Å². The van der Waals surface area contributed by atoms with Gasteiger partial charge in [0.2, 0.25) is 0 Å². The van der Waals surface area contributed by atoms with Crippen molar-refractivity contribution in [3.63, 3.8) is 0 Å². The van der Waals surface area contributed by atoms with E-state index in [9.17, 15) is 4.79 Å². The number of hydrogen-bond donors (Lipinski definition) is 1. The first-order valence-electron chi connectivity index (χ1n) is 4.57. The Morgan fingerprint density at radius 3 is 3.00 bits per heavy atom. The quantitative estimate of drug-likeness (QED) is 0.684.